The maximum absolute atomic E-state index is 13.4. The van der Waals surface area contributed by atoms with Crippen LogP contribution < -0.4 is 4.74 Å². The summed E-state index contributed by atoms with van der Waals surface area (Å²) in [5.41, 5.74) is 1.02. The molecular weight excluding hydrogens is 325 g/mol. The SMILES string of the molecule is COC(=O)[C@@H](C#N)c1nc2ccccc2nc1Oc1cccc(F)c1. The maximum atomic E-state index is 13.4. The van der Waals surface area contributed by atoms with Crippen molar-refractivity contribution < 1.29 is 18.7 Å². The first-order valence-corrected chi connectivity index (χ1v) is 7.30. The minimum absolute atomic E-state index is 0.0114. The Hall–Kier alpha value is -3.53. The Bertz CT molecular complexity index is 985. The lowest BCUT2D eigenvalue weighted by atomic mass is 10.1. The van der Waals surface area contributed by atoms with Crippen LogP contribution in [0.1, 0.15) is 11.6 Å². The van der Waals surface area contributed by atoms with Gasteiger partial charge in [0.15, 0.2) is 5.92 Å². The van der Waals surface area contributed by atoms with Crippen molar-refractivity contribution in [1.82, 2.24) is 9.97 Å². The van der Waals surface area contributed by atoms with Crippen LogP contribution in [0.15, 0.2) is 48.5 Å². The van der Waals surface area contributed by atoms with Crippen LogP contribution in [-0.2, 0) is 9.53 Å². The second-order valence-corrected chi connectivity index (χ2v) is 5.05. The van der Waals surface area contributed by atoms with Crippen molar-refractivity contribution in [2.75, 3.05) is 7.11 Å². The first kappa shape index (κ1) is 16.3. The van der Waals surface area contributed by atoms with E-state index in [2.05, 4.69) is 14.7 Å². The van der Waals surface area contributed by atoms with Gasteiger partial charge in [0.05, 0.1) is 24.2 Å². The molecule has 1 atom stereocenters. The zero-order chi connectivity index (χ0) is 17.8. The van der Waals surface area contributed by atoms with Gasteiger partial charge in [-0.15, -0.1) is 0 Å². The minimum Gasteiger partial charge on any atom is -0.468 e. The number of nitriles is 1. The highest BCUT2D eigenvalue weighted by atomic mass is 19.1. The van der Waals surface area contributed by atoms with Crippen LogP contribution in [0, 0.1) is 17.1 Å². The number of hydrogen-bond donors (Lipinski definition) is 0. The molecule has 0 saturated heterocycles. The first-order chi connectivity index (χ1) is 12.1. The molecule has 0 aliphatic heterocycles. The van der Waals surface area contributed by atoms with Crippen molar-refractivity contribution in [3.63, 3.8) is 0 Å². The number of aromatic nitrogens is 2. The van der Waals surface area contributed by atoms with Gasteiger partial charge < -0.3 is 9.47 Å². The number of nitrogens with zero attached hydrogens (tertiary/aromatic N) is 3. The number of hydrogen-bond acceptors (Lipinski definition) is 6. The predicted octanol–water partition coefficient (Wildman–Crippen LogP) is 3.34. The van der Waals surface area contributed by atoms with Gasteiger partial charge in [0.25, 0.3) is 0 Å². The highest BCUT2D eigenvalue weighted by Crippen LogP contribution is 2.30. The molecule has 6 nitrogen and oxygen atoms in total. The molecule has 0 aliphatic carbocycles. The van der Waals surface area contributed by atoms with Crippen LogP contribution >= 0.6 is 0 Å². The van der Waals surface area contributed by atoms with E-state index in [1.807, 2.05) is 6.07 Å². The summed E-state index contributed by atoms with van der Waals surface area (Å²) in [4.78, 5) is 20.6. The topological polar surface area (TPSA) is 85.1 Å². The Morgan fingerprint density at radius 3 is 2.52 bits per heavy atom. The second-order valence-electron chi connectivity index (χ2n) is 5.05. The van der Waals surface area contributed by atoms with Gasteiger partial charge in [-0.25, -0.2) is 14.4 Å². The third-order valence-electron chi connectivity index (χ3n) is 3.41. The first-order valence-electron chi connectivity index (χ1n) is 7.30. The fourth-order valence-corrected chi connectivity index (χ4v) is 2.25. The number of esters is 1. The van der Waals surface area contributed by atoms with Crippen molar-refractivity contribution in [3.05, 3.63) is 60.0 Å². The maximum Gasteiger partial charge on any atom is 0.329 e. The summed E-state index contributed by atoms with van der Waals surface area (Å²) in [5, 5.41) is 9.35. The zero-order valence-electron chi connectivity index (χ0n) is 13.1. The van der Waals surface area contributed by atoms with Crippen molar-refractivity contribution in [2.45, 2.75) is 5.92 Å². The third-order valence-corrected chi connectivity index (χ3v) is 3.41. The molecule has 0 aliphatic rings. The second kappa shape index (κ2) is 6.93. The molecule has 25 heavy (non-hydrogen) atoms. The van der Waals surface area contributed by atoms with E-state index >= 15 is 0 Å². The highest BCUT2D eigenvalue weighted by molar-refractivity contribution is 5.83. The molecular formula is C18H12FN3O3. The molecule has 3 rings (SSSR count). The lowest BCUT2D eigenvalue weighted by Gasteiger charge is -2.13. The Morgan fingerprint density at radius 1 is 1.16 bits per heavy atom. The lowest BCUT2D eigenvalue weighted by Crippen LogP contribution is -2.15. The summed E-state index contributed by atoms with van der Waals surface area (Å²) in [7, 11) is 1.17. The molecule has 3 aromatic rings. The summed E-state index contributed by atoms with van der Waals surface area (Å²) < 4.78 is 23.6. The van der Waals surface area contributed by atoms with E-state index in [0.29, 0.717) is 11.0 Å². The Balaban J connectivity index is 2.15. The number of ether oxygens (including phenoxy) is 2. The fourth-order valence-electron chi connectivity index (χ4n) is 2.25. The molecule has 0 amide bonds. The molecule has 1 aromatic heterocycles. The molecule has 7 heteroatoms. The zero-order valence-corrected chi connectivity index (χ0v) is 13.1. The van der Waals surface area contributed by atoms with E-state index in [9.17, 15) is 14.4 Å². The number of para-hydroxylation sites is 2. The molecule has 2 aromatic carbocycles. The van der Waals surface area contributed by atoms with E-state index in [0.717, 1.165) is 0 Å². The van der Waals surface area contributed by atoms with E-state index < -0.39 is 17.7 Å². The quantitative estimate of drug-likeness (QED) is 0.679. The van der Waals surface area contributed by atoms with Gasteiger partial charge >= 0.3 is 5.97 Å². The summed E-state index contributed by atoms with van der Waals surface area (Å²) in [6.07, 6.45) is 0. The highest BCUT2D eigenvalue weighted by Gasteiger charge is 2.28. The molecule has 0 fully saturated rings. The Morgan fingerprint density at radius 2 is 1.88 bits per heavy atom. The van der Waals surface area contributed by atoms with Crippen molar-refractivity contribution in [2.24, 2.45) is 0 Å². The molecule has 124 valence electrons. The number of benzene rings is 2. The van der Waals surface area contributed by atoms with Gasteiger partial charge in [0.1, 0.15) is 17.3 Å². The van der Waals surface area contributed by atoms with Crippen LogP contribution in [0.25, 0.3) is 11.0 Å². The van der Waals surface area contributed by atoms with Crippen molar-refractivity contribution in [3.8, 4) is 17.7 Å². The third kappa shape index (κ3) is 3.38. The van der Waals surface area contributed by atoms with Gasteiger partial charge in [0.2, 0.25) is 5.88 Å². The van der Waals surface area contributed by atoms with Gasteiger partial charge in [-0.3, -0.25) is 4.79 Å². The number of methoxy groups -OCH3 is 1. The summed E-state index contributed by atoms with van der Waals surface area (Å²) in [6.45, 7) is 0. The predicted molar refractivity (Wildman–Crippen MR) is 86.4 cm³/mol. The van der Waals surface area contributed by atoms with Gasteiger partial charge in [-0.1, -0.05) is 18.2 Å². The number of rotatable bonds is 4. The number of carbonyl (C=O) groups excluding carboxylic acids is 1. The number of halogens is 1. The monoisotopic (exact) mass is 337 g/mol. The summed E-state index contributed by atoms with van der Waals surface area (Å²) >= 11 is 0. The molecule has 0 radical (unpaired) electrons. The smallest absolute Gasteiger partial charge is 0.329 e. The molecule has 0 spiro atoms. The summed E-state index contributed by atoms with van der Waals surface area (Å²) in [6, 6.07) is 14.2. The van der Waals surface area contributed by atoms with Crippen LogP contribution in [0.3, 0.4) is 0 Å². The lowest BCUT2D eigenvalue weighted by molar-refractivity contribution is -0.141. The standard InChI is InChI=1S/C18H12FN3O3/c1-24-18(23)13(10-20)16-17(25-12-6-4-5-11(19)9-12)22-15-8-3-2-7-14(15)21-16/h2-9,13H,1H3/t13-/m0/s1. The number of fused-ring (bicyclic) bond motifs is 1. The van der Waals surface area contributed by atoms with E-state index in [1.54, 1.807) is 24.3 Å². The molecule has 0 unspecified atom stereocenters. The average molecular weight is 337 g/mol. The van der Waals surface area contributed by atoms with E-state index in [1.165, 1.54) is 31.4 Å². The van der Waals surface area contributed by atoms with Gasteiger partial charge in [-0.2, -0.15) is 5.26 Å². The van der Waals surface area contributed by atoms with Crippen LogP contribution in [0.2, 0.25) is 0 Å². The normalized spacial score (nSPS) is 11.6. The molecule has 0 N–H and O–H groups in total. The fraction of sp³-hybridized carbons (Fsp3) is 0.111. The van der Waals surface area contributed by atoms with Crippen molar-refractivity contribution in [1.29, 1.82) is 5.26 Å². The van der Waals surface area contributed by atoms with Gasteiger partial charge in [-0.05, 0) is 24.3 Å². The minimum atomic E-state index is -1.31. The Labute approximate surface area is 142 Å². The Kier molecular flexibility index (Phi) is 4.53. The molecule has 0 saturated carbocycles. The van der Waals surface area contributed by atoms with Crippen LogP contribution in [0.4, 0.5) is 4.39 Å². The largest absolute Gasteiger partial charge is 0.468 e. The van der Waals surface area contributed by atoms with E-state index in [4.69, 9.17) is 4.74 Å². The number of carbonyl (C=O) groups is 1. The average Bonchev–Trinajstić information content (AvgIpc) is 2.62. The van der Waals surface area contributed by atoms with Crippen LogP contribution in [0.5, 0.6) is 11.6 Å². The van der Waals surface area contributed by atoms with E-state index in [-0.39, 0.29) is 17.3 Å². The molecule has 0 bridgehead atoms. The van der Waals surface area contributed by atoms with Crippen LogP contribution in [-0.4, -0.2) is 23.0 Å². The van der Waals surface area contributed by atoms with Gasteiger partial charge in [0, 0.05) is 6.07 Å². The molecule has 1 heterocycles. The van der Waals surface area contributed by atoms with Crippen molar-refractivity contribution >= 4 is 17.0 Å². The summed E-state index contributed by atoms with van der Waals surface area (Å²) in [5.74, 6) is -2.46.